The SMILES string of the molecule is CCOP(=S)(OCC)Oc1ccc(/C(C)=N\OC(=O)NC)cc1. The van der Waals surface area contributed by atoms with E-state index in [4.69, 9.17) is 25.4 Å². The average Bonchev–Trinajstić information content (AvgIpc) is 2.53. The van der Waals surface area contributed by atoms with Crippen molar-refractivity contribution in [3.8, 4) is 5.75 Å². The second-order valence-corrected chi connectivity index (χ2v) is 7.14. The fourth-order valence-electron chi connectivity index (χ4n) is 1.50. The van der Waals surface area contributed by atoms with Crippen LogP contribution in [0.2, 0.25) is 0 Å². The Kier molecular flexibility index (Phi) is 8.19. The predicted molar refractivity (Wildman–Crippen MR) is 92.4 cm³/mol. The van der Waals surface area contributed by atoms with Gasteiger partial charge in [-0.2, -0.15) is 0 Å². The maximum atomic E-state index is 11.0. The summed E-state index contributed by atoms with van der Waals surface area (Å²) in [6.07, 6.45) is -0.626. The number of hydrogen-bond acceptors (Lipinski definition) is 7. The van der Waals surface area contributed by atoms with Gasteiger partial charge in [-0.1, -0.05) is 5.16 Å². The maximum Gasteiger partial charge on any atom is 0.433 e. The Labute approximate surface area is 141 Å². The van der Waals surface area contributed by atoms with E-state index in [0.29, 0.717) is 24.7 Å². The van der Waals surface area contributed by atoms with Crippen molar-refractivity contribution in [3.05, 3.63) is 29.8 Å². The molecule has 0 fully saturated rings. The van der Waals surface area contributed by atoms with Crippen LogP contribution < -0.4 is 9.84 Å². The first-order valence-corrected chi connectivity index (χ1v) is 9.62. The molecule has 9 heteroatoms. The van der Waals surface area contributed by atoms with Crippen molar-refractivity contribution in [2.24, 2.45) is 5.16 Å². The number of carbonyl (C=O) groups excluding carboxylic acids is 1. The highest BCUT2D eigenvalue weighted by molar-refractivity contribution is 8.07. The standard InChI is InChI=1S/C14H21N2O5PS/c1-5-18-22(23,19-6-2)21-13-9-7-12(8-10-13)11(3)16-20-14(17)15-4/h7-10H,5-6H2,1-4H3,(H,15,17)/b16-11-. The van der Waals surface area contributed by atoms with Crippen LogP contribution in [-0.2, 0) is 25.7 Å². The summed E-state index contributed by atoms with van der Waals surface area (Å²) in [6.45, 7) is 3.43. The molecule has 0 aliphatic carbocycles. The summed E-state index contributed by atoms with van der Waals surface area (Å²) in [5.41, 5.74) is 1.33. The molecule has 0 bridgehead atoms. The van der Waals surface area contributed by atoms with Crippen LogP contribution in [-0.4, -0.2) is 32.1 Å². The lowest BCUT2D eigenvalue weighted by atomic mass is 10.1. The molecule has 0 atom stereocenters. The van der Waals surface area contributed by atoms with Gasteiger partial charge in [0.25, 0.3) is 0 Å². The molecule has 0 spiro atoms. The lowest BCUT2D eigenvalue weighted by molar-refractivity contribution is 0.153. The van der Waals surface area contributed by atoms with Crippen molar-refractivity contribution >= 4 is 30.3 Å². The zero-order valence-electron chi connectivity index (χ0n) is 13.6. The molecule has 1 N–H and O–H groups in total. The first-order valence-electron chi connectivity index (χ1n) is 7.06. The normalized spacial score (nSPS) is 11.9. The van der Waals surface area contributed by atoms with E-state index < -0.39 is 12.8 Å². The Morgan fingerprint density at radius 2 is 1.78 bits per heavy atom. The molecule has 1 rings (SSSR count). The second-order valence-electron chi connectivity index (χ2n) is 4.20. The molecule has 0 aliphatic rings. The van der Waals surface area contributed by atoms with E-state index in [1.807, 2.05) is 13.8 Å². The van der Waals surface area contributed by atoms with Crippen LogP contribution in [0, 0.1) is 0 Å². The molecular formula is C14H21N2O5PS. The van der Waals surface area contributed by atoms with Crippen LogP contribution in [0.4, 0.5) is 4.79 Å². The van der Waals surface area contributed by atoms with Crippen LogP contribution in [0.5, 0.6) is 5.75 Å². The van der Waals surface area contributed by atoms with E-state index >= 15 is 0 Å². The largest absolute Gasteiger partial charge is 0.433 e. The van der Waals surface area contributed by atoms with E-state index in [9.17, 15) is 4.79 Å². The van der Waals surface area contributed by atoms with Gasteiger partial charge in [-0.15, -0.1) is 0 Å². The summed E-state index contributed by atoms with van der Waals surface area (Å²) in [7, 11) is 1.46. The van der Waals surface area contributed by atoms with Crippen molar-refractivity contribution < 1.29 is 23.2 Å². The molecule has 1 aromatic carbocycles. The summed E-state index contributed by atoms with van der Waals surface area (Å²) < 4.78 is 16.5. The summed E-state index contributed by atoms with van der Waals surface area (Å²) >= 11 is 5.31. The lowest BCUT2D eigenvalue weighted by Crippen LogP contribution is -2.17. The molecule has 1 aromatic rings. The first-order chi connectivity index (χ1) is 10.9. The summed E-state index contributed by atoms with van der Waals surface area (Å²) in [6, 6.07) is 7.01. The van der Waals surface area contributed by atoms with Crippen LogP contribution in [0.25, 0.3) is 0 Å². The van der Waals surface area contributed by atoms with Gasteiger partial charge in [0.2, 0.25) is 0 Å². The van der Waals surface area contributed by atoms with Gasteiger partial charge in [0, 0.05) is 18.9 Å². The highest BCUT2D eigenvalue weighted by atomic mass is 32.5. The van der Waals surface area contributed by atoms with E-state index in [-0.39, 0.29) is 0 Å². The zero-order valence-corrected chi connectivity index (χ0v) is 15.3. The van der Waals surface area contributed by atoms with Gasteiger partial charge < -0.3 is 9.84 Å². The molecule has 0 radical (unpaired) electrons. The van der Waals surface area contributed by atoms with E-state index in [2.05, 4.69) is 15.3 Å². The van der Waals surface area contributed by atoms with Crippen molar-refractivity contribution in [2.45, 2.75) is 20.8 Å². The molecule has 0 aliphatic heterocycles. The van der Waals surface area contributed by atoms with E-state index in [1.54, 1.807) is 31.2 Å². The number of amides is 1. The smallest absolute Gasteiger partial charge is 0.424 e. The van der Waals surface area contributed by atoms with E-state index in [0.717, 1.165) is 5.56 Å². The molecule has 0 unspecified atom stereocenters. The van der Waals surface area contributed by atoms with Gasteiger partial charge in [-0.3, -0.25) is 13.9 Å². The quantitative estimate of drug-likeness (QED) is 0.331. The molecule has 0 saturated heterocycles. The fraction of sp³-hybridized carbons (Fsp3) is 0.429. The summed E-state index contributed by atoms with van der Waals surface area (Å²) in [5.74, 6) is 0.541. The van der Waals surface area contributed by atoms with Crippen LogP contribution in [0.1, 0.15) is 26.3 Å². The third kappa shape index (κ3) is 6.66. The minimum Gasteiger partial charge on any atom is -0.424 e. The Morgan fingerprint density at radius 1 is 1.22 bits per heavy atom. The minimum atomic E-state index is -2.78. The highest BCUT2D eigenvalue weighted by Crippen LogP contribution is 2.49. The first kappa shape index (κ1) is 19.6. The number of nitrogens with one attached hydrogen (secondary N) is 1. The number of oxime groups is 1. The second kappa shape index (κ2) is 9.62. The van der Waals surface area contributed by atoms with Gasteiger partial charge in [0.05, 0.1) is 18.9 Å². The van der Waals surface area contributed by atoms with Crippen LogP contribution in [0.15, 0.2) is 29.4 Å². The highest BCUT2D eigenvalue weighted by Gasteiger charge is 2.21. The molecule has 0 saturated carbocycles. The van der Waals surface area contributed by atoms with Crippen molar-refractivity contribution in [1.29, 1.82) is 0 Å². The topological polar surface area (TPSA) is 78.4 Å². The third-order valence-electron chi connectivity index (χ3n) is 2.53. The van der Waals surface area contributed by atoms with Gasteiger partial charge >= 0.3 is 12.8 Å². The molecule has 0 heterocycles. The molecule has 1 amide bonds. The van der Waals surface area contributed by atoms with Crippen LogP contribution in [0.3, 0.4) is 0 Å². The molecule has 23 heavy (non-hydrogen) atoms. The Morgan fingerprint density at radius 3 is 2.26 bits per heavy atom. The Bertz CT molecular complexity index is 581. The maximum absolute atomic E-state index is 11.0. The summed E-state index contributed by atoms with van der Waals surface area (Å²) in [4.78, 5) is 15.6. The number of rotatable bonds is 8. The van der Waals surface area contributed by atoms with Crippen LogP contribution >= 0.6 is 6.72 Å². The van der Waals surface area contributed by atoms with Gasteiger partial charge in [0.15, 0.2) is 0 Å². The Hall–Kier alpha value is -1.47. The lowest BCUT2D eigenvalue weighted by Gasteiger charge is -2.21. The summed E-state index contributed by atoms with van der Waals surface area (Å²) in [5, 5.41) is 6.04. The van der Waals surface area contributed by atoms with Crippen molar-refractivity contribution in [3.63, 3.8) is 0 Å². The van der Waals surface area contributed by atoms with Crippen molar-refractivity contribution in [2.75, 3.05) is 20.3 Å². The molecule has 0 aromatic heterocycles. The number of benzene rings is 1. The number of hydrogen-bond donors (Lipinski definition) is 1. The third-order valence-corrected chi connectivity index (χ3v) is 4.97. The molecular weight excluding hydrogens is 339 g/mol. The number of nitrogens with zero attached hydrogens (tertiary/aromatic N) is 1. The minimum absolute atomic E-state index is 0.415. The molecule has 7 nitrogen and oxygen atoms in total. The monoisotopic (exact) mass is 360 g/mol. The Balaban J connectivity index is 2.79. The zero-order chi connectivity index (χ0) is 17.3. The van der Waals surface area contributed by atoms with Gasteiger partial charge in [0.1, 0.15) is 5.75 Å². The van der Waals surface area contributed by atoms with E-state index in [1.165, 1.54) is 7.05 Å². The molecule has 128 valence electrons. The fourth-order valence-corrected chi connectivity index (χ4v) is 3.58. The van der Waals surface area contributed by atoms with Crippen molar-refractivity contribution in [1.82, 2.24) is 5.32 Å². The predicted octanol–water partition coefficient (Wildman–Crippen LogP) is 3.44. The van der Waals surface area contributed by atoms with Gasteiger partial charge in [-0.25, -0.2) is 4.79 Å². The average molecular weight is 360 g/mol. The van der Waals surface area contributed by atoms with Gasteiger partial charge in [-0.05, 0) is 50.6 Å². The number of carbonyl (C=O) groups is 1.